The van der Waals surface area contributed by atoms with E-state index in [1.807, 2.05) is 6.08 Å². The van der Waals surface area contributed by atoms with E-state index in [2.05, 4.69) is 0 Å². The summed E-state index contributed by atoms with van der Waals surface area (Å²) in [6, 6.07) is 0. The lowest BCUT2D eigenvalue weighted by Crippen LogP contribution is -2.10. The molecule has 1 aliphatic rings. The van der Waals surface area contributed by atoms with Crippen LogP contribution in [0.1, 0.15) is 12.8 Å². The number of rotatable bonds is 1. The lowest BCUT2D eigenvalue weighted by atomic mass is 10.1. The number of hydrogen-bond donors (Lipinski definition) is 1. The van der Waals surface area contributed by atoms with Gasteiger partial charge in [-0.05, 0) is 18.9 Å². The molecule has 0 unspecified atom stereocenters. The fourth-order valence-corrected chi connectivity index (χ4v) is 0.749. The highest BCUT2D eigenvalue weighted by Gasteiger charge is 1.97. The van der Waals surface area contributed by atoms with Gasteiger partial charge in [-0.1, -0.05) is 12.2 Å². The van der Waals surface area contributed by atoms with Gasteiger partial charge in [-0.25, -0.2) is 0 Å². The molecule has 50 valence electrons. The smallest absolute Gasteiger partial charge is 0.0285 e. The fourth-order valence-electron chi connectivity index (χ4n) is 0.749. The molecular formula is C6H8NO2-. The van der Waals surface area contributed by atoms with E-state index in [9.17, 15) is 5.21 Å². The molecule has 0 fully saturated rings. The van der Waals surface area contributed by atoms with Crippen LogP contribution in [0.15, 0.2) is 23.9 Å². The summed E-state index contributed by atoms with van der Waals surface area (Å²) in [6.07, 6.45) is 6.80. The van der Waals surface area contributed by atoms with Gasteiger partial charge in [0.25, 0.3) is 0 Å². The molecule has 0 saturated carbocycles. The maximum atomic E-state index is 10.2. The van der Waals surface area contributed by atoms with E-state index in [1.165, 1.54) is 0 Å². The molecule has 1 N–H and O–H groups in total. The van der Waals surface area contributed by atoms with E-state index >= 15 is 0 Å². The van der Waals surface area contributed by atoms with Gasteiger partial charge < -0.3 is 10.4 Å². The molecule has 0 heterocycles. The summed E-state index contributed by atoms with van der Waals surface area (Å²) in [6.45, 7) is 0. The standard InChI is InChI=1S/C6H8NO2/c8-7(9)6-4-2-1-3-5-6/h1-2,4,8H,3,5H2/q-1. The minimum absolute atomic E-state index is 0.0799. The Kier molecular flexibility index (Phi) is 1.87. The number of hydroxylamine groups is 2. The number of allylic oxidation sites excluding steroid dienone is 4. The van der Waals surface area contributed by atoms with Gasteiger partial charge in [0.2, 0.25) is 0 Å². The summed E-state index contributed by atoms with van der Waals surface area (Å²) in [5.41, 5.74) is 0.428. The molecule has 0 aromatic heterocycles. The van der Waals surface area contributed by atoms with Crippen LogP contribution in [0.3, 0.4) is 0 Å². The molecule has 0 aromatic rings. The fraction of sp³-hybridized carbons (Fsp3) is 0.333. The Balaban J connectivity index is 2.57. The van der Waals surface area contributed by atoms with Crippen molar-refractivity contribution in [2.24, 2.45) is 0 Å². The molecule has 1 aliphatic carbocycles. The number of nitrogens with zero attached hydrogens (tertiary/aromatic N) is 1. The second kappa shape index (κ2) is 2.66. The van der Waals surface area contributed by atoms with Crippen LogP contribution in [-0.4, -0.2) is 10.4 Å². The van der Waals surface area contributed by atoms with E-state index in [-0.39, 0.29) is 5.23 Å². The monoisotopic (exact) mass is 126 g/mol. The van der Waals surface area contributed by atoms with Crippen molar-refractivity contribution in [2.75, 3.05) is 0 Å². The predicted octanol–water partition coefficient (Wildman–Crippen LogP) is 1.41. The molecule has 0 spiro atoms. The first-order valence-corrected chi connectivity index (χ1v) is 2.82. The Bertz CT molecular complexity index is 149. The second-order valence-corrected chi connectivity index (χ2v) is 1.90. The SMILES string of the molecule is [O-]N(O)C1=CC=CCC1. The van der Waals surface area contributed by atoms with Crippen LogP contribution in [0.25, 0.3) is 0 Å². The maximum absolute atomic E-state index is 10.2. The predicted molar refractivity (Wildman–Crippen MR) is 33.4 cm³/mol. The van der Waals surface area contributed by atoms with Crippen LogP contribution in [0.4, 0.5) is 0 Å². The van der Waals surface area contributed by atoms with E-state index in [1.54, 1.807) is 12.2 Å². The largest absolute Gasteiger partial charge is 0.734 e. The van der Waals surface area contributed by atoms with E-state index in [4.69, 9.17) is 5.21 Å². The molecule has 3 nitrogen and oxygen atoms in total. The highest BCUT2D eigenvalue weighted by Crippen LogP contribution is 2.12. The topological polar surface area (TPSA) is 46.5 Å². The molecule has 0 bridgehead atoms. The summed E-state index contributed by atoms with van der Waals surface area (Å²) in [7, 11) is 0. The van der Waals surface area contributed by atoms with Crippen molar-refractivity contribution in [3.63, 3.8) is 0 Å². The third-order valence-corrected chi connectivity index (χ3v) is 1.24. The van der Waals surface area contributed by atoms with Crippen molar-refractivity contribution in [1.82, 2.24) is 5.23 Å². The van der Waals surface area contributed by atoms with Crippen LogP contribution in [0.2, 0.25) is 0 Å². The Hall–Kier alpha value is -0.800. The van der Waals surface area contributed by atoms with Gasteiger partial charge in [0, 0.05) is 5.70 Å². The van der Waals surface area contributed by atoms with E-state index < -0.39 is 0 Å². The summed E-state index contributed by atoms with van der Waals surface area (Å²) in [4.78, 5) is 0. The molecule has 0 aliphatic heterocycles. The lowest BCUT2D eigenvalue weighted by molar-refractivity contribution is -0.00716. The van der Waals surface area contributed by atoms with E-state index in [0.717, 1.165) is 6.42 Å². The Labute approximate surface area is 53.4 Å². The van der Waals surface area contributed by atoms with Gasteiger partial charge in [-0.15, -0.1) is 0 Å². The zero-order valence-electron chi connectivity index (χ0n) is 4.95. The van der Waals surface area contributed by atoms with Gasteiger partial charge in [-0.2, -0.15) is 0 Å². The van der Waals surface area contributed by atoms with Crippen molar-refractivity contribution >= 4 is 0 Å². The first-order chi connectivity index (χ1) is 4.30. The Morgan fingerprint density at radius 3 is 2.78 bits per heavy atom. The van der Waals surface area contributed by atoms with Crippen molar-refractivity contribution in [3.8, 4) is 0 Å². The molecule has 1 rings (SSSR count). The first-order valence-electron chi connectivity index (χ1n) is 2.82. The second-order valence-electron chi connectivity index (χ2n) is 1.90. The Morgan fingerprint density at radius 2 is 2.44 bits per heavy atom. The Morgan fingerprint density at radius 1 is 1.67 bits per heavy atom. The van der Waals surface area contributed by atoms with Gasteiger partial charge >= 0.3 is 0 Å². The average molecular weight is 126 g/mol. The molecular weight excluding hydrogens is 118 g/mol. The zero-order chi connectivity index (χ0) is 6.69. The van der Waals surface area contributed by atoms with E-state index in [0.29, 0.717) is 12.1 Å². The summed E-state index contributed by atoms with van der Waals surface area (Å²) in [5, 5.41) is 18.4. The molecule has 0 aromatic carbocycles. The minimum Gasteiger partial charge on any atom is -0.734 e. The van der Waals surface area contributed by atoms with Gasteiger partial charge in [0.1, 0.15) is 0 Å². The van der Waals surface area contributed by atoms with Crippen LogP contribution < -0.4 is 0 Å². The molecule has 0 amide bonds. The van der Waals surface area contributed by atoms with Crippen molar-refractivity contribution < 1.29 is 5.21 Å². The normalized spacial score (nSPS) is 17.3. The quantitative estimate of drug-likeness (QED) is 0.540. The lowest BCUT2D eigenvalue weighted by Gasteiger charge is -2.25. The van der Waals surface area contributed by atoms with Gasteiger partial charge in [-0.3, -0.25) is 5.21 Å². The molecule has 0 radical (unpaired) electrons. The minimum atomic E-state index is -0.0799. The van der Waals surface area contributed by atoms with Crippen LogP contribution in [0, 0.1) is 5.21 Å². The first kappa shape index (κ1) is 6.32. The molecule has 0 atom stereocenters. The third kappa shape index (κ3) is 1.55. The van der Waals surface area contributed by atoms with Crippen LogP contribution in [0.5, 0.6) is 0 Å². The summed E-state index contributed by atoms with van der Waals surface area (Å²) >= 11 is 0. The van der Waals surface area contributed by atoms with Crippen LogP contribution in [-0.2, 0) is 0 Å². The molecule has 9 heavy (non-hydrogen) atoms. The molecule has 3 heteroatoms. The third-order valence-electron chi connectivity index (χ3n) is 1.24. The average Bonchev–Trinajstić information content (AvgIpc) is 1.90. The summed E-state index contributed by atoms with van der Waals surface area (Å²) in [5.74, 6) is 0. The van der Waals surface area contributed by atoms with Crippen molar-refractivity contribution in [1.29, 1.82) is 0 Å². The highest BCUT2D eigenvalue weighted by atomic mass is 16.8. The van der Waals surface area contributed by atoms with Crippen molar-refractivity contribution in [2.45, 2.75) is 12.8 Å². The van der Waals surface area contributed by atoms with Gasteiger partial charge in [0.15, 0.2) is 0 Å². The maximum Gasteiger partial charge on any atom is 0.0285 e. The summed E-state index contributed by atoms with van der Waals surface area (Å²) < 4.78 is 0. The molecule has 0 saturated heterocycles. The van der Waals surface area contributed by atoms with Crippen molar-refractivity contribution in [3.05, 3.63) is 29.1 Å². The number of hydrogen-bond acceptors (Lipinski definition) is 3. The van der Waals surface area contributed by atoms with Crippen LogP contribution >= 0.6 is 0 Å². The van der Waals surface area contributed by atoms with Gasteiger partial charge in [0.05, 0.1) is 0 Å². The zero-order valence-corrected chi connectivity index (χ0v) is 4.95. The highest BCUT2D eigenvalue weighted by molar-refractivity contribution is 5.15.